The summed E-state index contributed by atoms with van der Waals surface area (Å²) in [6, 6.07) is 2.07. The fourth-order valence-corrected chi connectivity index (χ4v) is 1.71. The number of benzene rings is 1. The van der Waals surface area contributed by atoms with Crippen molar-refractivity contribution in [3.63, 3.8) is 0 Å². The molecule has 1 saturated carbocycles. The molecule has 5 heteroatoms. The highest BCUT2D eigenvalue weighted by Gasteiger charge is 2.20. The minimum atomic E-state index is -0.798. The van der Waals surface area contributed by atoms with E-state index in [0.29, 0.717) is 18.9 Å². The van der Waals surface area contributed by atoms with E-state index in [1.165, 1.54) is 0 Å². The van der Waals surface area contributed by atoms with Crippen LogP contribution in [0, 0.1) is 17.6 Å². The fourth-order valence-electron chi connectivity index (χ4n) is 1.71. The molecule has 3 nitrogen and oxygen atoms in total. The Bertz CT molecular complexity index is 396. The molecule has 0 bridgehead atoms. The van der Waals surface area contributed by atoms with Gasteiger partial charge in [-0.2, -0.15) is 0 Å². The van der Waals surface area contributed by atoms with E-state index in [-0.39, 0.29) is 11.4 Å². The van der Waals surface area contributed by atoms with Crippen LogP contribution in [0.1, 0.15) is 19.3 Å². The Labute approximate surface area is 97.8 Å². The van der Waals surface area contributed by atoms with Gasteiger partial charge in [-0.25, -0.2) is 8.78 Å². The third-order valence-electron chi connectivity index (χ3n) is 2.91. The predicted octanol–water partition coefficient (Wildman–Crippen LogP) is 2.71. The minimum Gasteiger partial charge on any atom is -0.487 e. The van der Waals surface area contributed by atoms with Crippen LogP contribution in [-0.2, 0) is 4.79 Å². The first kappa shape index (κ1) is 11.8. The van der Waals surface area contributed by atoms with Gasteiger partial charge in [-0.15, -0.1) is 0 Å². The fraction of sp³-hybridized carbons (Fsp3) is 0.417. The van der Waals surface area contributed by atoms with Crippen LogP contribution in [0.25, 0.3) is 0 Å². The van der Waals surface area contributed by atoms with E-state index in [1.54, 1.807) is 0 Å². The van der Waals surface area contributed by atoms with Gasteiger partial charge in [0.05, 0.1) is 6.61 Å². The second-order valence-corrected chi connectivity index (χ2v) is 4.14. The summed E-state index contributed by atoms with van der Waals surface area (Å²) in [6.45, 7) is 0.342. The van der Waals surface area contributed by atoms with Crippen molar-refractivity contribution in [2.45, 2.75) is 19.3 Å². The molecule has 1 amide bonds. The third kappa shape index (κ3) is 2.72. The van der Waals surface area contributed by atoms with Crippen LogP contribution in [0.4, 0.5) is 14.5 Å². The van der Waals surface area contributed by atoms with Crippen LogP contribution >= 0.6 is 0 Å². The van der Waals surface area contributed by atoms with E-state index >= 15 is 0 Å². The average molecular weight is 241 g/mol. The largest absolute Gasteiger partial charge is 0.487 e. The summed E-state index contributed by atoms with van der Waals surface area (Å²) < 4.78 is 32.1. The molecule has 0 saturated heterocycles. The number of amides is 1. The summed E-state index contributed by atoms with van der Waals surface area (Å²) in [4.78, 5) is 10.2. The summed E-state index contributed by atoms with van der Waals surface area (Å²) in [5, 5.41) is 2.19. The van der Waals surface area contributed by atoms with E-state index in [0.717, 1.165) is 31.4 Å². The summed E-state index contributed by atoms with van der Waals surface area (Å²) >= 11 is 0. The zero-order valence-electron chi connectivity index (χ0n) is 9.21. The van der Waals surface area contributed by atoms with Crippen molar-refractivity contribution in [2.75, 3.05) is 11.9 Å². The molecular weight excluding hydrogens is 228 g/mol. The number of halogens is 2. The van der Waals surface area contributed by atoms with E-state index in [2.05, 4.69) is 5.32 Å². The Balaban J connectivity index is 2.07. The lowest BCUT2D eigenvalue weighted by atomic mass is 9.86. The third-order valence-corrected chi connectivity index (χ3v) is 2.91. The molecule has 0 radical (unpaired) electrons. The molecule has 1 N–H and O–H groups in total. The van der Waals surface area contributed by atoms with Gasteiger partial charge in [-0.1, -0.05) is 6.42 Å². The first-order valence-corrected chi connectivity index (χ1v) is 5.52. The van der Waals surface area contributed by atoms with E-state index in [9.17, 15) is 13.6 Å². The van der Waals surface area contributed by atoms with Crippen LogP contribution in [0.15, 0.2) is 12.1 Å². The quantitative estimate of drug-likeness (QED) is 0.805. The van der Waals surface area contributed by atoms with Gasteiger partial charge >= 0.3 is 0 Å². The molecule has 1 aromatic rings. The Hall–Kier alpha value is -1.65. The standard InChI is InChI=1S/C12H13F2NO2/c13-10-4-9(15-7-16)5-11(14)12(10)17-6-8-2-1-3-8/h4-5,7-8H,1-3,6H2,(H,15,16). The normalized spacial score (nSPS) is 15.2. The van der Waals surface area contributed by atoms with Gasteiger partial charge in [0.15, 0.2) is 17.4 Å². The Morgan fingerprint density at radius 3 is 2.47 bits per heavy atom. The number of nitrogens with one attached hydrogen (secondary N) is 1. The highest BCUT2D eigenvalue weighted by Crippen LogP contribution is 2.30. The Morgan fingerprint density at radius 1 is 1.35 bits per heavy atom. The first-order valence-electron chi connectivity index (χ1n) is 5.52. The van der Waals surface area contributed by atoms with Crippen LogP contribution in [-0.4, -0.2) is 13.0 Å². The van der Waals surface area contributed by atoms with E-state index in [1.807, 2.05) is 0 Å². The highest BCUT2D eigenvalue weighted by molar-refractivity contribution is 5.71. The van der Waals surface area contributed by atoms with Crippen molar-refractivity contribution >= 4 is 12.1 Å². The lowest BCUT2D eigenvalue weighted by Crippen LogP contribution is -2.20. The molecule has 0 atom stereocenters. The number of rotatable bonds is 5. The van der Waals surface area contributed by atoms with Crippen LogP contribution in [0.3, 0.4) is 0 Å². The molecule has 1 aliphatic rings. The molecule has 0 heterocycles. The molecule has 1 aromatic carbocycles. The molecule has 1 fully saturated rings. The van der Waals surface area contributed by atoms with Crippen LogP contribution in [0.5, 0.6) is 5.75 Å². The number of carbonyl (C=O) groups is 1. The average Bonchev–Trinajstić information content (AvgIpc) is 2.20. The second kappa shape index (κ2) is 5.12. The van der Waals surface area contributed by atoms with Crippen molar-refractivity contribution in [2.24, 2.45) is 5.92 Å². The van der Waals surface area contributed by atoms with E-state index in [4.69, 9.17) is 4.74 Å². The summed E-state index contributed by atoms with van der Waals surface area (Å²) in [6.07, 6.45) is 3.62. The number of hydrogen-bond acceptors (Lipinski definition) is 2. The Morgan fingerprint density at radius 2 is 2.00 bits per heavy atom. The molecular formula is C12H13F2NO2. The first-order chi connectivity index (χ1) is 8.20. The molecule has 2 rings (SSSR count). The Kier molecular flexibility index (Phi) is 3.56. The van der Waals surface area contributed by atoms with Crippen LogP contribution < -0.4 is 10.1 Å². The minimum absolute atomic E-state index is 0.0750. The predicted molar refractivity (Wildman–Crippen MR) is 58.9 cm³/mol. The topological polar surface area (TPSA) is 38.3 Å². The molecule has 1 aliphatic carbocycles. The smallest absolute Gasteiger partial charge is 0.211 e. The lowest BCUT2D eigenvalue weighted by molar-refractivity contribution is -0.105. The molecule has 0 unspecified atom stereocenters. The highest BCUT2D eigenvalue weighted by atomic mass is 19.1. The number of hydrogen-bond donors (Lipinski definition) is 1. The summed E-state index contributed by atoms with van der Waals surface area (Å²) in [7, 11) is 0. The molecule has 0 aromatic heterocycles. The van der Waals surface area contributed by atoms with Gasteiger partial charge in [-0.05, 0) is 18.8 Å². The second-order valence-electron chi connectivity index (χ2n) is 4.14. The van der Waals surface area contributed by atoms with E-state index < -0.39 is 11.6 Å². The van der Waals surface area contributed by atoms with Gasteiger partial charge in [0.1, 0.15) is 0 Å². The molecule has 0 spiro atoms. The van der Waals surface area contributed by atoms with Crippen molar-refractivity contribution in [3.8, 4) is 5.75 Å². The zero-order chi connectivity index (χ0) is 12.3. The molecule has 0 aliphatic heterocycles. The van der Waals surface area contributed by atoms with Gasteiger partial charge < -0.3 is 10.1 Å². The lowest BCUT2D eigenvalue weighted by Gasteiger charge is -2.25. The molecule has 92 valence electrons. The van der Waals surface area contributed by atoms with Crippen LogP contribution in [0.2, 0.25) is 0 Å². The zero-order valence-corrected chi connectivity index (χ0v) is 9.21. The van der Waals surface area contributed by atoms with Gasteiger partial charge in [-0.3, -0.25) is 4.79 Å². The van der Waals surface area contributed by atoms with Gasteiger partial charge in [0, 0.05) is 17.8 Å². The van der Waals surface area contributed by atoms with Crippen molar-refractivity contribution in [3.05, 3.63) is 23.8 Å². The summed E-state index contributed by atoms with van der Waals surface area (Å²) in [5.41, 5.74) is 0.0750. The maximum atomic E-state index is 13.5. The number of anilines is 1. The van der Waals surface area contributed by atoms with Crippen molar-refractivity contribution in [1.82, 2.24) is 0 Å². The summed E-state index contributed by atoms with van der Waals surface area (Å²) in [5.74, 6) is -1.56. The number of ether oxygens (including phenoxy) is 1. The number of carbonyl (C=O) groups excluding carboxylic acids is 1. The van der Waals surface area contributed by atoms with Crippen molar-refractivity contribution < 1.29 is 18.3 Å². The van der Waals surface area contributed by atoms with Gasteiger partial charge in [0.2, 0.25) is 6.41 Å². The maximum absolute atomic E-state index is 13.5. The maximum Gasteiger partial charge on any atom is 0.211 e. The monoisotopic (exact) mass is 241 g/mol. The van der Waals surface area contributed by atoms with Crippen molar-refractivity contribution in [1.29, 1.82) is 0 Å². The SMILES string of the molecule is O=CNc1cc(F)c(OCC2CCC2)c(F)c1. The molecule has 17 heavy (non-hydrogen) atoms. The van der Waals surface area contributed by atoms with Gasteiger partial charge in [0.25, 0.3) is 0 Å².